The van der Waals surface area contributed by atoms with Crippen molar-refractivity contribution in [1.29, 1.82) is 0 Å². The fourth-order valence-corrected chi connectivity index (χ4v) is 1.24. The summed E-state index contributed by atoms with van der Waals surface area (Å²) in [6.07, 6.45) is 0. The van der Waals surface area contributed by atoms with Gasteiger partial charge in [-0.15, -0.1) is 0 Å². The quantitative estimate of drug-likeness (QED) is 0.612. The van der Waals surface area contributed by atoms with Crippen LogP contribution in [0.25, 0.3) is 0 Å². The van der Waals surface area contributed by atoms with Crippen LogP contribution in [0.1, 0.15) is 22.7 Å². The van der Waals surface area contributed by atoms with Crippen molar-refractivity contribution in [2.45, 2.75) is 19.9 Å². The minimum atomic E-state index is -1.05. The molecule has 76 valence electrons. The summed E-state index contributed by atoms with van der Waals surface area (Å²) in [5, 5.41) is 8.72. The Morgan fingerprint density at radius 3 is 2.43 bits per heavy atom. The molecule has 4 heteroatoms. The standard InChI is InChI=1S/C10H14N2O2/c1-5-3-7(9(12)10(13)14)4-8(11)6(5)2/h3-4,9H,11-12H2,1-2H3,(H,13,14). The van der Waals surface area contributed by atoms with Gasteiger partial charge >= 0.3 is 5.97 Å². The lowest BCUT2D eigenvalue weighted by Gasteiger charge is -2.11. The van der Waals surface area contributed by atoms with E-state index in [4.69, 9.17) is 16.6 Å². The summed E-state index contributed by atoms with van der Waals surface area (Å²) in [6.45, 7) is 3.77. The van der Waals surface area contributed by atoms with Crippen LogP contribution in [0.15, 0.2) is 12.1 Å². The second kappa shape index (κ2) is 3.67. The highest BCUT2D eigenvalue weighted by molar-refractivity contribution is 5.76. The monoisotopic (exact) mass is 194 g/mol. The zero-order valence-corrected chi connectivity index (χ0v) is 8.24. The first kappa shape index (κ1) is 10.5. The van der Waals surface area contributed by atoms with Crippen molar-refractivity contribution in [3.8, 4) is 0 Å². The van der Waals surface area contributed by atoms with Crippen molar-refractivity contribution < 1.29 is 9.90 Å². The van der Waals surface area contributed by atoms with E-state index in [1.54, 1.807) is 12.1 Å². The third-order valence-corrected chi connectivity index (χ3v) is 2.36. The molecule has 1 aromatic rings. The first-order chi connectivity index (χ1) is 6.43. The number of hydrogen-bond acceptors (Lipinski definition) is 3. The van der Waals surface area contributed by atoms with Crippen LogP contribution in [0.4, 0.5) is 5.69 Å². The molecule has 0 aliphatic carbocycles. The average molecular weight is 194 g/mol. The molecule has 0 aromatic heterocycles. The van der Waals surface area contributed by atoms with Gasteiger partial charge in [0.25, 0.3) is 0 Å². The fraction of sp³-hybridized carbons (Fsp3) is 0.300. The maximum atomic E-state index is 10.6. The van der Waals surface area contributed by atoms with Gasteiger partial charge in [-0.05, 0) is 36.6 Å². The molecule has 5 N–H and O–H groups in total. The summed E-state index contributed by atoms with van der Waals surface area (Å²) < 4.78 is 0. The molecule has 14 heavy (non-hydrogen) atoms. The largest absolute Gasteiger partial charge is 0.480 e. The van der Waals surface area contributed by atoms with Crippen LogP contribution in [0.5, 0.6) is 0 Å². The van der Waals surface area contributed by atoms with Gasteiger partial charge in [-0.1, -0.05) is 6.07 Å². The zero-order chi connectivity index (χ0) is 10.9. The van der Waals surface area contributed by atoms with E-state index in [9.17, 15) is 4.79 Å². The van der Waals surface area contributed by atoms with E-state index >= 15 is 0 Å². The second-order valence-corrected chi connectivity index (χ2v) is 3.37. The summed E-state index contributed by atoms with van der Waals surface area (Å²) in [5.41, 5.74) is 14.2. The Balaban J connectivity index is 3.19. The molecule has 0 saturated heterocycles. The minimum Gasteiger partial charge on any atom is -0.480 e. The van der Waals surface area contributed by atoms with Gasteiger partial charge in [-0.3, -0.25) is 4.79 Å². The summed E-state index contributed by atoms with van der Waals surface area (Å²) in [7, 11) is 0. The summed E-state index contributed by atoms with van der Waals surface area (Å²) >= 11 is 0. The van der Waals surface area contributed by atoms with E-state index in [0.717, 1.165) is 11.1 Å². The number of anilines is 1. The van der Waals surface area contributed by atoms with Gasteiger partial charge in [0.05, 0.1) is 0 Å². The molecule has 0 amide bonds. The fourth-order valence-electron chi connectivity index (χ4n) is 1.24. The lowest BCUT2D eigenvalue weighted by atomic mass is 10.00. The number of carboxylic acids is 1. The third kappa shape index (κ3) is 1.85. The molecule has 1 rings (SSSR count). The maximum absolute atomic E-state index is 10.6. The van der Waals surface area contributed by atoms with Crippen LogP contribution in [-0.4, -0.2) is 11.1 Å². The Hall–Kier alpha value is -1.55. The number of carboxylic acid groups (broad SMARTS) is 1. The van der Waals surface area contributed by atoms with E-state index in [1.165, 1.54) is 0 Å². The number of aliphatic carboxylic acids is 1. The number of aryl methyl sites for hydroxylation is 1. The van der Waals surface area contributed by atoms with Crippen LogP contribution >= 0.6 is 0 Å². The highest BCUT2D eigenvalue weighted by Gasteiger charge is 2.15. The molecule has 0 spiro atoms. The van der Waals surface area contributed by atoms with Crippen molar-refractivity contribution in [3.05, 3.63) is 28.8 Å². The molecule has 0 heterocycles. The normalized spacial score (nSPS) is 12.5. The van der Waals surface area contributed by atoms with Crippen LogP contribution in [0.3, 0.4) is 0 Å². The molecular formula is C10H14N2O2. The maximum Gasteiger partial charge on any atom is 0.325 e. The van der Waals surface area contributed by atoms with Crippen molar-refractivity contribution in [1.82, 2.24) is 0 Å². The van der Waals surface area contributed by atoms with E-state index < -0.39 is 12.0 Å². The van der Waals surface area contributed by atoms with Crippen molar-refractivity contribution in [2.24, 2.45) is 5.73 Å². The van der Waals surface area contributed by atoms with E-state index in [-0.39, 0.29) is 0 Å². The predicted molar refractivity (Wildman–Crippen MR) is 54.9 cm³/mol. The van der Waals surface area contributed by atoms with Crippen molar-refractivity contribution in [3.63, 3.8) is 0 Å². The number of rotatable bonds is 2. The summed E-state index contributed by atoms with van der Waals surface area (Å²) in [5.74, 6) is -1.05. The average Bonchev–Trinajstić information content (AvgIpc) is 2.12. The van der Waals surface area contributed by atoms with Crippen molar-refractivity contribution >= 4 is 11.7 Å². The molecule has 1 aromatic carbocycles. The number of nitrogen functional groups attached to an aromatic ring is 1. The topological polar surface area (TPSA) is 89.3 Å². The number of carbonyl (C=O) groups is 1. The number of hydrogen-bond donors (Lipinski definition) is 3. The summed E-state index contributed by atoms with van der Waals surface area (Å²) in [6, 6.07) is 2.36. The first-order valence-corrected chi connectivity index (χ1v) is 4.28. The molecular weight excluding hydrogens is 180 g/mol. The zero-order valence-electron chi connectivity index (χ0n) is 8.24. The third-order valence-electron chi connectivity index (χ3n) is 2.36. The van der Waals surface area contributed by atoms with Crippen LogP contribution in [0.2, 0.25) is 0 Å². The van der Waals surface area contributed by atoms with Gasteiger partial charge in [0.1, 0.15) is 6.04 Å². The second-order valence-electron chi connectivity index (χ2n) is 3.37. The summed E-state index contributed by atoms with van der Waals surface area (Å²) in [4.78, 5) is 10.6. The van der Waals surface area contributed by atoms with Crippen LogP contribution < -0.4 is 11.5 Å². The Kier molecular flexibility index (Phi) is 2.76. The van der Waals surface area contributed by atoms with Gasteiger partial charge in [0.15, 0.2) is 0 Å². The number of nitrogens with two attached hydrogens (primary N) is 2. The van der Waals surface area contributed by atoms with Crippen molar-refractivity contribution in [2.75, 3.05) is 5.73 Å². The predicted octanol–water partition coefficient (Wildman–Crippen LogP) is 0.970. The smallest absolute Gasteiger partial charge is 0.325 e. The van der Waals surface area contributed by atoms with Crippen LogP contribution in [0, 0.1) is 13.8 Å². The Morgan fingerprint density at radius 1 is 1.43 bits per heavy atom. The minimum absolute atomic E-state index is 0.540. The Bertz CT molecular complexity index is 351. The van der Waals surface area contributed by atoms with Gasteiger partial charge in [0, 0.05) is 5.69 Å². The highest BCUT2D eigenvalue weighted by Crippen LogP contribution is 2.21. The molecule has 0 aliphatic heterocycles. The van der Waals surface area contributed by atoms with E-state index in [1.807, 2.05) is 13.8 Å². The Morgan fingerprint density at radius 2 is 2.00 bits per heavy atom. The SMILES string of the molecule is Cc1cc(C(N)C(=O)O)cc(N)c1C. The molecule has 4 nitrogen and oxygen atoms in total. The first-order valence-electron chi connectivity index (χ1n) is 4.28. The lowest BCUT2D eigenvalue weighted by molar-refractivity contribution is -0.138. The van der Waals surface area contributed by atoms with Gasteiger partial charge in [-0.2, -0.15) is 0 Å². The highest BCUT2D eigenvalue weighted by atomic mass is 16.4. The molecule has 0 radical (unpaired) electrons. The van der Waals surface area contributed by atoms with E-state index in [2.05, 4.69) is 0 Å². The van der Waals surface area contributed by atoms with Crippen LogP contribution in [-0.2, 0) is 4.79 Å². The van der Waals surface area contributed by atoms with Gasteiger partial charge in [-0.25, -0.2) is 0 Å². The molecule has 0 fully saturated rings. The molecule has 0 bridgehead atoms. The molecule has 0 saturated carbocycles. The molecule has 1 atom stereocenters. The Labute approximate surface area is 82.5 Å². The van der Waals surface area contributed by atoms with E-state index in [0.29, 0.717) is 11.3 Å². The number of benzene rings is 1. The van der Waals surface area contributed by atoms with Gasteiger partial charge < -0.3 is 16.6 Å². The molecule has 1 unspecified atom stereocenters. The lowest BCUT2D eigenvalue weighted by Crippen LogP contribution is -2.21. The molecule has 0 aliphatic rings. The van der Waals surface area contributed by atoms with Gasteiger partial charge in [0.2, 0.25) is 0 Å².